The van der Waals surface area contributed by atoms with Gasteiger partial charge in [-0.05, 0) is 31.9 Å². The average Bonchev–Trinajstić information content (AvgIpc) is 2.58. The molecule has 0 aliphatic carbocycles. The van der Waals surface area contributed by atoms with Crippen molar-refractivity contribution in [3.63, 3.8) is 0 Å². The Balaban J connectivity index is 1.97. The van der Waals surface area contributed by atoms with E-state index in [1.165, 1.54) is 12.3 Å². The van der Waals surface area contributed by atoms with Gasteiger partial charge in [-0.15, -0.1) is 0 Å². The minimum Gasteiger partial charge on any atom is -0.377 e. The molecule has 16 heavy (non-hydrogen) atoms. The van der Waals surface area contributed by atoms with E-state index in [4.69, 9.17) is 4.74 Å². The minimum absolute atomic E-state index is 0.0215. The van der Waals surface area contributed by atoms with Crippen molar-refractivity contribution in [2.24, 2.45) is 0 Å². The third-order valence-corrected chi connectivity index (χ3v) is 3.34. The Hall–Kier alpha value is -1.00. The Bertz CT molecular complexity index is 372. The maximum Gasteiger partial charge on any atom is 0.141 e. The summed E-state index contributed by atoms with van der Waals surface area (Å²) in [6.45, 7) is 5.60. The number of hydrogen-bond donors (Lipinski definition) is 1. The lowest BCUT2D eigenvalue weighted by Crippen LogP contribution is -2.47. The van der Waals surface area contributed by atoms with Crippen LogP contribution in [0, 0.1) is 5.82 Å². The van der Waals surface area contributed by atoms with Crippen LogP contribution in [0.25, 0.3) is 0 Å². The summed E-state index contributed by atoms with van der Waals surface area (Å²) in [5.74, 6) is -0.292. The van der Waals surface area contributed by atoms with Gasteiger partial charge in [-0.3, -0.25) is 4.98 Å². The quantitative estimate of drug-likeness (QED) is 0.851. The first kappa shape index (κ1) is 11.5. The predicted octanol–water partition coefficient (Wildman–Crippen LogP) is 1.88. The summed E-state index contributed by atoms with van der Waals surface area (Å²) in [4.78, 5) is 3.82. The van der Waals surface area contributed by atoms with Gasteiger partial charge < -0.3 is 10.1 Å². The molecule has 4 heteroatoms. The van der Waals surface area contributed by atoms with Crippen LogP contribution >= 0.6 is 0 Å². The van der Waals surface area contributed by atoms with Crippen LogP contribution in [-0.4, -0.2) is 23.2 Å². The Kier molecular flexibility index (Phi) is 3.21. The van der Waals surface area contributed by atoms with E-state index >= 15 is 0 Å². The Morgan fingerprint density at radius 3 is 3.06 bits per heavy atom. The van der Waals surface area contributed by atoms with Crippen LogP contribution in [0.4, 0.5) is 4.39 Å². The molecule has 88 valence electrons. The minimum atomic E-state index is -0.292. The summed E-state index contributed by atoms with van der Waals surface area (Å²) in [5.41, 5.74) is 0.840. The summed E-state index contributed by atoms with van der Waals surface area (Å²) in [6, 6.07) is 1.50. The van der Waals surface area contributed by atoms with Crippen LogP contribution in [0.1, 0.15) is 25.8 Å². The molecule has 0 amide bonds. The van der Waals surface area contributed by atoms with Crippen molar-refractivity contribution in [3.05, 3.63) is 29.8 Å². The average molecular weight is 224 g/mol. The van der Waals surface area contributed by atoms with Crippen LogP contribution in [0.5, 0.6) is 0 Å². The third-order valence-electron chi connectivity index (χ3n) is 3.34. The van der Waals surface area contributed by atoms with Crippen molar-refractivity contribution >= 4 is 0 Å². The monoisotopic (exact) mass is 224 g/mol. The van der Waals surface area contributed by atoms with Gasteiger partial charge in [0, 0.05) is 24.9 Å². The lowest BCUT2D eigenvalue weighted by molar-refractivity contribution is 0.0881. The second-order valence-corrected chi connectivity index (χ2v) is 4.55. The molecule has 0 saturated carbocycles. The summed E-state index contributed by atoms with van der Waals surface area (Å²) in [7, 11) is 0. The fraction of sp³-hybridized carbons (Fsp3) is 0.583. The molecule has 0 spiro atoms. The van der Waals surface area contributed by atoms with Gasteiger partial charge in [0.25, 0.3) is 0 Å². The van der Waals surface area contributed by atoms with Crippen LogP contribution in [0.3, 0.4) is 0 Å². The molecule has 3 nitrogen and oxygen atoms in total. The smallest absolute Gasteiger partial charge is 0.141 e. The zero-order valence-corrected chi connectivity index (χ0v) is 9.66. The van der Waals surface area contributed by atoms with E-state index in [1.807, 2.05) is 0 Å². The number of nitrogens with one attached hydrogen (secondary N) is 1. The lowest BCUT2D eigenvalue weighted by atomic mass is 9.94. The zero-order chi connectivity index (χ0) is 11.6. The van der Waals surface area contributed by atoms with Crippen molar-refractivity contribution in [2.45, 2.75) is 38.5 Å². The van der Waals surface area contributed by atoms with Crippen molar-refractivity contribution in [3.8, 4) is 0 Å². The largest absolute Gasteiger partial charge is 0.377 e. The van der Waals surface area contributed by atoms with Gasteiger partial charge in [-0.25, -0.2) is 4.39 Å². The SMILES string of the molecule is CC1OCCC1(C)NCc1cncc(F)c1. The highest BCUT2D eigenvalue weighted by Crippen LogP contribution is 2.25. The van der Waals surface area contributed by atoms with Crippen molar-refractivity contribution in [1.82, 2.24) is 10.3 Å². The fourth-order valence-electron chi connectivity index (χ4n) is 1.92. The van der Waals surface area contributed by atoms with E-state index in [1.54, 1.807) is 6.20 Å². The number of nitrogens with zero attached hydrogens (tertiary/aromatic N) is 1. The second-order valence-electron chi connectivity index (χ2n) is 4.55. The molecule has 1 aromatic heterocycles. The van der Waals surface area contributed by atoms with E-state index in [9.17, 15) is 4.39 Å². The van der Waals surface area contributed by atoms with Crippen LogP contribution < -0.4 is 5.32 Å². The molecule has 2 heterocycles. The molecule has 2 rings (SSSR count). The Morgan fingerprint density at radius 1 is 1.62 bits per heavy atom. The molecule has 1 fully saturated rings. The first-order chi connectivity index (χ1) is 7.60. The molecule has 1 N–H and O–H groups in total. The van der Waals surface area contributed by atoms with Crippen LogP contribution in [0.2, 0.25) is 0 Å². The zero-order valence-electron chi connectivity index (χ0n) is 9.66. The van der Waals surface area contributed by atoms with Crippen LogP contribution in [0.15, 0.2) is 18.5 Å². The normalized spacial score (nSPS) is 29.6. The highest BCUT2D eigenvalue weighted by atomic mass is 19.1. The fourth-order valence-corrected chi connectivity index (χ4v) is 1.92. The van der Waals surface area contributed by atoms with Gasteiger partial charge in [-0.1, -0.05) is 0 Å². The molecule has 1 aliphatic heterocycles. The molecule has 1 aliphatic rings. The van der Waals surface area contributed by atoms with Gasteiger partial charge in [0.05, 0.1) is 12.3 Å². The Morgan fingerprint density at radius 2 is 2.44 bits per heavy atom. The van der Waals surface area contributed by atoms with Crippen molar-refractivity contribution < 1.29 is 9.13 Å². The molecule has 1 aromatic rings. The highest BCUT2D eigenvalue weighted by molar-refractivity contribution is 5.10. The summed E-state index contributed by atoms with van der Waals surface area (Å²) in [5, 5.41) is 3.42. The number of pyridine rings is 1. The van der Waals surface area contributed by atoms with Gasteiger partial charge in [0.1, 0.15) is 5.82 Å². The number of aromatic nitrogens is 1. The summed E-state index contributed by atoms with van der Waals surface area (Å²) in [6.07, 6.45) is 4.07. The number of rotatable bonds is 3. The standard InChI is InChI=1S/C12H17FN2O/c1-9-12(2,3-4-16-9)15-7-10-5-11(13)8-14-6-10/h5-6,8-9,15H,3-4,7H2,1-2H3. The van der Waals surface area contributed by atoms with Gasteiger partial charge in [0.2, 0.25) is 0 Å². The first-order valence-corrected chi connectivity index (χ1v) is 5.56. The first-order valence-electron chi connectivity index (χ1n) is 5.56. The molecule has 0 bridgehead atoms. The van der Waals surface area contributed by atoms with E-state index in [2.05, 4.69) is 24.1 Å². The number of hydrogen-bond acceptors (Lipinski definition) is 3. The van der Waals surface area contributed by atoms with Gasteiger partial charge in [0.15, 0.2) is 0 Å². The molecule has 2 atom stereocenters. The van der Waals surface area contributed by atoms with Crippen molar-refractivity contribution in [2.75, 3.05) is 6.61 Å². The highest BCUT2D eigenvalue weighted by Gasteiger charge is 2.36. The van der Waals surface area contributed by atoms with E-state index in [0.717, 1.165) is 18.6 Å². The topological polar surface area (TPSA) is 34.1 Å². The summed E-state index contributed by atoms with van der Waals surface area (Å²) < 4.78 is 18.5. The summed E-state index contributed by atoms with van der Waals surface area (Å²) >= 11 is 0. The molecule has 0 radical (unpaired) electrons. The van der Waals surface area contributed by atoms with E-state index in [-0.39, 0.29) is 17.5 Å². The molecule has 2 unspecified atom stereocenters. The van der Waals surface area contributed by atoms with E-state index in [0.29, 0.717) is 6.54 Å². The second kappa shape index (κ2) is 4.47. The van der Waals surface area contributed by atoms with Crippen LogP contribution in [-0.2, 0) is 11.3 Å². The number of halogens is 1. The molecule has 0 aromatic carbocycles. The van der Waals surface area contributed by atoms with Gasteiger partial charge >= 0.3 is 0 Å². The molecular weight excluding hydrogens is 207 g/mol. The van der Waals surface area contributed by atoms with E-state index < -0.39 is 0 Å². The Labute approximate surface area is 95.0 Å². The van der Waals surface area contributed by atoms with Crippen molar-refractivity contribution in [1.29, 1.82) is 0 Å². The number of ether oxygens (including phenoxy) is 1. The third kappa shape index (κ3) is 2.39. The predicted molar refractivity (Wildman–Crippen MR) is 59.5 cm³/mol. The lowest BCUT2D eigenvalue weighted by Gasteiger charge is -2.29. The molecule has 1 saturated heterocycles. The maximum absolute atomic E-state index is 12.9. The maximum atomic E-state index is 12.9. The molecular formula is C12H17FN2O. The van der Waals surface area contributed by atoms with Gasteiger partial charge in [-0.2, -0.15) is 0 Å².